The van der Waals surface area contributed by atoms with Crippen LogP contribution in [0.5, 0.6) is 0 Å². The van der Waals surface area contributed by atoms with Gasteiger partial charge in [0.05, 0.1) is 11.3 Å². The van der Waals surface area contributed by atoms with Crippen LogP contribution in [0.15, 0.2) is 12.3 Å². The molecule has 1 aromatic heterocycles. The lowest BCUT2D eigenvalue weighted by atomic mass is 9.87. The van der Waals surface area contributed by atoms with Crippen molar-refractivity contribution in [2.45, 2.75) is 46.5 Å². The second-order valence-electron chi connectivity index (χ2n) is 5.75. The van der Waals surface area contributed by atoms with Crippen LogP contribution in [-0.4, -0.2) is 11.5 Å². The van der Waals surface area contributed by atoms with Gasteiger partial charge in [0.2, 0.25) is 0 Å². The first-order valence-electron chi connectivity index (χ1n) is 6.88. The van der Waals surface area contributed by atoms with Crippen molar-refractivity contribution in [1.29, 1.82) is 5.26 Å². The fourth-order valence-electron chi connectivity index (χ4n) is 1.96. The van der Waals surface area contributed by atoms with Gasteiger partial charge in [-0.1, -0.05) is 40.0 Å². The van der Waals surface area contributed by atoms with Crippen molar-refractivity contribution < 1.29 is 0 Å². The Hall–Kier alpha value is -1.76. The van der Waals surface area contributed by atoms with Crippen LogP contribution >= 0.6 is 0 Å². The molecule has 0 saturated heterocycles. The number of hydrogen-bond acceptors (Lipinski definition) is 4. The van der Waals surface area contributed by atoms with Gasteiger partial charge in [0, 0.05) is 12.7 Å². The Morgan fingerprint density at radius 1 is 1.42 bits per heavy atom. The Balaban J connectivity index is 2.54. The lowest BCUT2D eigenvalue weighted by Gasteiger charge is -2.25. The van der Waals surface area contributed by atoms with Gasteiger partial charge in [-0.3, -0.25) is 0 Å². The molecule has 0 aliphatic carbocycles. The van der Waals surface area contributed by atoms with Crippen molar-refractivity contribution in [2.24, 2.45) is 5.41 Å². The first-order chi connectivity index (χ1) is 8.98. The zero-order chi connectivity index (χ0) is 14.3. The van der Waals surface area contributed by atoms with E-state index < -0.39 is 0 Å². The summed E-state index contributed by atoms with van der Waals surface area (Å²) < 4.78 is 0. The van der Waals surface area contributed by atoms with Gasteiger partial charge in [0.15, 0.2) is 0 Å². The first kappa shape index (κ1) is 15.3. The van der Waals surface area contributed by atoms with E-state index in [9.17, 15) is 0 Å². The van der Waals surface area contributed by atoms with E-state index in [1.807, 2.05) is 6.07 Å². The standard InChI is InChI=1S/C15H24N4/c1-4-5-6-7-15(2,3)11-19-14-13(17)8-12(9-16)10-18-14/h8,10H,4-7,11,17H2,1-3H3,(H,18,19). The van der Waals surface area contributed by atoms with Gasteiger partial charge in [0.1, 0.15) is 11.9 Å². The molecule has 3 N–H and O–H groups in total. The summed E-state index contributed by atoms with van der Waals surface area (Å²) in [5.74, 6) is 0.669. The monoisotopic (exact) mass is 260 g/mol. The summed E-state index contributed by atoms with van der Waals surface area (Å²) in [6.45, 7) is 7.54. The van der Waals surface area contributed by atoms with Crippen molar-refractivity contribution in [3.8, 4) is 6.07 Å². The molecule has 0 spiro atoms. The molecule has 104 valence electrons. The van der Waals surface area contributed by atoms with E-state index in [2.05, 4.69) is 31.1 Å². The molecule has 0 amide bonds. The minimum Gasteiger partial charge on any atom is -0.396 e. The number of nitrogen functional groups attached to an aromatic ring is 1. The maximum Gasteiger partial charge on any atom is 0.149 e. The minimum atomic E-state index is 0.219. The van der Waals surface area contributed by atoms with E-state index in [4.69, 9.17) is 11.0 Å². The molecule has 0 aromatic carbocycles. The Morgan fingerprint density at radius 2 is 2.16 bits per heavy atom. The van der Waals surface area contributed by atoms with Crippen molar-refractivity contribution >= 4 is 11.5 Å². The maximum absolute atomic E-state index is 8.77. The van der Waals surface area contributed by atoms with Crippen LogP contribution in [0.3, 0.4) is 0 Å². The molecule has 0 bridgehead atoms. The fourth-order valence-corrected chi connectivity index (χ4v) is 1.96. The lowest BCUT2D eigenvalue weighted by molar-refractivity contribution is 0.342. The van der Waals surface area contributed by atoms with Crippen LogP contribution < -0.4 is 11.1 Å². The molecule has 0 unspecified atom stereocenters. The number of rotatable bonds is 7. The summed E-state index contributed by atoms with van der Waals surface area (Å²) in [5, 5.41) is 12.1. The molecular formula is C15H24N4. The zero-order valence-electron chi connectivity index (χ0n) is 12.2. The number of anilines is 2. The quantitative estimate of drug-likeness (QED) is 0.735. The van der Waals surface area contributed by atoms with Crippen LogP contribution in [0.25, 0.3) is 0 Å². The van der Waals surface area contributed by atoms with Gasteiger partial charge in [0.25, 0.3) is 0 Å². The topological polar surface area (TPSA) is 74.7 Å². The molecule has 4 heteroatoms. The molecule has 0 fully saturated rings. The van der Waals surface area contributed by atoms with Crippen LogP contribution in [0.4, 0.5) is 11.5 Å². The average molecular weight is 260 g/mol. The molecule has 0 radical (unpaired) electrons. The highest BCUT2D eigenvalue weighted by atomic mass is 15.0. The summed E-state index contributed by atoms with van der Waals surface area (Å²) in [6, 6.07) is 3.68. The molecule has 1 heterocycles. The van der Waals surface area contributed by atoms with Crippen molar-refractivity contribution in [2.75, 3.05) is 17.6 Å². The van der Waals surface area contributed by atoms with Gasteiger partial charge < -0.3 is 11.1 Å². The van der Waals surface area contributed by atoms with Crippen LogP contribution in [0, 0.1) is 16.7 Å². The number of pyridine rings is 1. The highest BCUT2D eigenvalue weighted by Gasteiger charge is 2.17. The van der Waals surface area contributed by atoms with E-state index >= 15 is 0 Å². The van der Waals surface area contributed by atoms with E-state index in [0.29, 0.717) is 17.1 Å². The molecular weight excluding hydrogens is 236 g/mol. The largest absolute Gasteiger partial charge is 0.396 e. The molecule has 1 aromatic rings. The second-order valence-corrected chi connectivity index (χ2v) is 5.75. The normalized spacial score (nSPS) is 11.1. The van der Waals surface area contributed by atoms with Gasteiger partial charge >= 0.3 is 0 Å². The number of nitriles is 1. The van der Waals surface area contributed by atoms with Crippen molar-refractivity contribution in [3.63, 3.8) is 0 Å². The summed E-state index contributed by atoms with van der Waals surface area (Å²) >= 11 is 0. The van der Waals surface area contributed by atoms with Crippen molar-refractivity contribution in [1.82, 2.24) is 4.98 Å². The Bertz CT molecular complexity index is 446. The molecule has 0 atom stereocenters. The number of aromatic nitrogens is 1. The predicted molar refractivity (Wildman–Crippen MR) is 79.8 cm³/mol. The van der Waals surface area contributed by atoms with E-state index in [-0.39, 0.29) is 5.41 Å². The number of unbranched alkanes of at least 4 members (excludes halogenated alkanes) is 2. The van der Waals surface area contributed by atoms with Gasteiger partial charge in [-0.2, -0.15) is 5.26 Å². The summed E-state index contributed by atoms with van der Waals surface area (Å²) in [5.41, 5.74) is 7.11. The van der Waals surface area contributed by atoms with E-state index in [0.717, 1.165) is 6.54 Å². The van der Waals surface area contributed by atoms with E-state index in [1.165, 1.54) is 25.7 Å². The van der Waals surface area contributed by atoms with Crippen LogP contribution in [0.2, 0.25) is 0 Å². The molecule has 0 aliphatic heterocycles. The highest BCUT2D eigenvalue weighted by molar-refractivity contribution is 5.63. The molecule has 0 aliphatic rings. The summed E-state index contributed by atoms with van der Waals surface area (Å²) in [6.07, 6.45) is 6.50. The van der Waals surface area contributed by atoms with Gasteiger partial charge in [-0.15, -0.1) is 0 Å². The Morgan fingerprint density at radius 3 is 2.74 bits per heavy atom. The molecule has 0 saturated carbocycles. The minimum absolute atomic E-state index is 0.219. The lowest BCUT2D eigenvalue weighted by Crippen LogP contribution is -2.23. The number of nitrogens with zero attached hydrogens (tertiary/aromatic N) is 2. The Labute approximate surface area is 116 Å². The third-order valence-electron chi connectivity index (χ3n) is 3.24. The fraction of sp³-hybridized carbons (Fsp3) is 0.600. The molecule has 19 heavy (non-hydrogen) atoms. The highest BCUT2D eigenvalue weighted by Crippen LogP contribution is 2.25. The number of nitrogens with two attached hydrogens (primary N) is 1. The third-order valence-corrected chi connectivity index (χ3v) is 3.24. The number of nitrogens with one attached hydrogen (secondary N) is 1. The SMILES string of the molecule is CCCCCC(C)(C)CNc1ncc(C#N)cc1N. The summed E-state index contributed by atoms with van der Waals surface area (Å²) in [4.78, 5) is 4.19. The van der Waals surface area contributed by atoms with Crippen LogP contribution in [-0.2, 0) is 0 Å². The second kappa shape index (κ2) is 6.98. The average Bonchev–Trinajstić information content (AvgIpc) is 2.37. The predicted octanol–water partition coefficient (Wildman–Crippen LogP) is 3.55. The smallest absolute Gasteiger partial charge is 0.149 e. The summed E-state index contributed by atoms with van der Waals surface area (Å²) in [7, 11) is 0. The zero-order valence-corrected chi connectivity index (χ0v) is 12.2. The van der Waals surface area contributed by atoms with E-state index in [1.54, 1.807) is 12.3 Å². The first-order valence-corrected chi connectivity index (χ1v) is 6.88. The third kappa shape index (κ3) is 5.17. The van der Waals surface area contributed by atoms with Gasteiger partial charge in [-0.05, 0) is 17.9 Å². The Kier molecular flexibility index (Phi) is 5.62. The van der Waals surface area contributed by atoms with Crippen LogP contribution in [0.1, 0.15) is 52.0 Å². The molecule has 1 rings (SSSR count). The van der Waals surface area contributed by atoms with Gasteiger partial charge in [-0.25, -0.2) is 4.98 Å². The molecule has 4 nitrogen and oxygen atoms in total. The van der Waals surface area contributed by atoms with Crippen molar-refractivity contribution in [3.05, 3.63) is 17.8 Å². The maximum atomic E-state index is 8.77. The number of hydrogen-bond donors (Lipinski definition) is 2.